The zero-order chi connectivity index (χ0) is 22.2. The van der Waals surface area contributed by atoms with Crippen LogP contribution in [-0.4, -0.2) is 18.2 Å². The summed E-state index contributed by atoms with van der Waals surface area (Å²) in [6.45, 7) is 3.45. The van der Waals surface area contributed by atoms with Crippen molar-refractivity contribution in [3.63, 3.8) is 0 Å². The van der Waals surface area contributed by atoms with Gasteiger partial charge >= 0.3 is 0 Å². The van der Waals surface area contributed by atoms with E-state index in [1.807, 2.05) is 55.5 Å². The van der Waals surface area contributed by atoms with Gasteiger partial charge in [-0.2, -0.15) is 0 Å². The molecule has 0 radical (unpaired) electrons. The second kappa shape index (κ2) is 8.44. The Labute approximate surface area is 190 Å². The molecule has 4 aromatic rings. The minimum Gasteiger partial charge on any atom is -0.300 e. The maximum Gasteiger partial charge on any atom is 0.268 e. The molecule has 0 aliphatic carbocycles. The summed E-state index contributed by atoms with van der Waals surface area (Å²) in [6.07, 6.45) is 0.601. The molecule has 0 unspecified atom stereocenters. The lowest BCUT2D eigenvalue weighted by Crippen LogP contribution is -2.16. The van der Waals surface area contributed by atoms with Gasteiger partial charge in [-0.25, -0.2) is 12.4 Å². The highest BCUT2D eigenvalue weighted by atomic mass is 79.9. The van der Waals surface area contributed by atoms with Crippen LogP contribution >= 0.6 is 15.9 Å². The van der Waals surface area contributed by atoms with E-state index < -0.39 is 10.0 Å². The average Bonchev–Trinajstić information content (AvgIpc) is 3.08. The van der Waals surface area contributed by atoms with E-state index in [0.29, 0.717) is 17.6 Å². The number of nitrogens with zero attached hydrogens (tertiary/aromatic N) is 1. The van der Waals surface area contributed by atoms with Gasteiger partial charge in [-0.1, -0.05) is 64.0 Å². The van der Waals surface area contributed by atoms with Crippen LogP contribution in [0, 0.1) is 6.92 Å². The van der Waals surface area contributed by atoms with Crippen molar-refractivity contribution in [2.45, 2.75) is 31.6 Å². The second-order valence-electron chi connectivity index (χ2n) is 7.63. The van der Waals surface area contributed by atoms with Crippen LogP contribution in [-0.2, 0) is 21.2 Å². The Morgan fingerprint density at radius 1 is 0.935 bits per heavy atom. The Bertz CT molecular complexity index is 1370. The van der Waals surface area contributed by atoms with Gasteiger partial charge in [0, 0.05) is 27.5 Å². The van der Waals surface area contributed by atoms with E-state index in [-0.39, 0.29) is 17.1 Å². The van der Waals surface area contributed by atoms with Gasteiger partial charge in [0.1, 0.15) is 5.78 Å². The van der Waals surface area contributed by atoms with Gasteiger partial charge < -0.3 is 4.79 Å². The molecule has 6 heteroatoms. The van der Waals surface area contributed by atoms with Crippen molar-refractivity contribution in [1.82, 2.24) is 3.97 Å². The molecule has 0 spiro atoms. The number of aryl methyl sites for hydroxylation is 1. The summed E-state index contributed by atoms with van der Waals surface area (Å²) in [5.41, 5.74) is 3.98. The maximum atomic E-state index is 13.8. The van der Waals surface area contributed by atoms with Gasteiger partial charge in [0.25, 0.3) is 10.0 Å². The van der Waals surface area contributed by atoms with Crippen LogP contribution in [0.15, 0.2) is 82.2 Å². The fourth-order valence-corrected chi connectivity index (χ4v) is 5.66. The largest absolute Gasteiger partial charge is 0.300 e. The molecule has 3 aromatic carbocycles. The van der Waals surface area contributed by atoms with Crippen LogP contribution in [0.5, 0.6) is 0 Å². The summed E-state index contributed by atoms with van der Waals surface area (Å²) in [7, 11) is -3.86. The lowest BCUT2D eigenvalue weighted by atomic mass is 9.99. The fraction of sp³-hybridized carbons (Fsp3) is 0.160. The molecule has 4 rings (SSSR count). The van der Waals surface area contributed by atoms with Crippen molar-refractivity contribution in [3.05, 3.63) is 88.5 Å². The van der Waals surface area contributed by atoms with Gasteiger partial charge in [0.05, 0.1) is 10.4 Å². The molecule has 0 fully saturated rings. The average molecular weight is 496 g/mol. The number of para-hydroxylation sites is 1. The number of rotatable bonds is 6. The van der Waals surface area contributed by atoms with Crippen molar-refractivity contribution < 1.29 is 13.2 Å². The van der Waals surface area contributed by atoms with Gasteiger partial charge in [-0.3, -0.25) is 0 Å². The number of carbonyl (C=O) groups is 1. The minimum atomic E-state index is -3.86. The first-order chi connectivity index (χ1) is 14.8. The van der Waals surface area contributed by atoms with Crippen LogP contribution in [0.3, 0.4) is 0 Å². The minimum absolute atomic E-state index is 0.0197. The molecule has 158 valence electrons. The summed E-state index contributed by atoms with van der Waals surface area (Å²) in [5, 5.41) is 0.846. The number of fused-ring (bicyclic) bond motifs is 1. The normalized spacial score (nSPS) is 11.7. The first kappa shape index (κ1) is 21.5. The number of carbonyl (C=O) groups excluding carboxylic acids is 1. The van der Waals surface area contributed by atoms with Crippen molar-refractivity contribution >= 4 is 42.6 Å². The molecule has 1 heterocycles. The van der Waals surface area contributed by atoms with Gasteiger partial charge in [0.2, 0.25) is 0 Å². The summed E-state index contributed by atoms with van der Waals surface area (Å²) in [5.74, 6) is 0.0197. The number of hydrogen-bond donors (Lipinski definition) is 0. The molecule has 0 saturated heterocycles. The lowest BCUT2D eigenvalue weighted by Gasteiger charge is -2.13. The predicted octanol–water partition coefficient (Wildman–Crippen LogP) is 6.14. The van der Waals surface area contributed by atoms with E-state index in [1.54, 1.807) is 24.3 Å². The highest BCUT2D eigenvalue weighted by Crippen LogP contribution is 2.38. The second-order valence-corrected chi connectivity index (χ2v) is 10.3. The van der Waals surface area contributed by atoms with E-state index in [4.69, 9.17) is 0 Å². The van der Waals surface area contributed by atoms with Crippen molar-refractivity contribution in [1.29, 1.82) is 0 Å². The van der Waals surface area contributed by atoms with Crippen molar-refractivity contribution in [3.8, 4) is 11.1 Å². The number of aromatic nitrogens is 1. The van der Waals surface area contributed by atoms with Gasteiger partial charge in [-0.05, 0) is 56.2 Å². The van der Waals surface area contributed by atoms with E-state index in [0.717, 1.165) is 26.5 Å². The summed E-state index contributed by atoms with van der Waals surface area (Å²) in [4.78, 5) is 12.1. The molecule has 0 aliphatic rings. The Balaban J connectivity index is 2.06. The van der Waals surface area contributed by atoms with E-state index in [2.05, 4.69) is 15.9 Å². The molecule has 0 saturated carbocycles. The summed E-state index contributed by atoms with van der Waals surface area (Å²) in [6, 6.07) is 22.2. The number of benzene rings is 3. The Morgan fingerprint density at radius 2 is 1.58 bits per heavy atom. The highest BCUT2D eigenvalue weighted by Gasteiger charge is 2.27. The third kappa shape index (κ3) is 4.10. The molecule has 0 N–H and O–H groups in total. The van der Waals surface area contributed by atoms with Crippen LogP contribution in [0.2, 0.25) is 0 Å². The van der Waals surface area contributed by atoms with Crippen LogP contribution in [0.1, 0.15) is 24.6 Å². The molecule has 0 amide bonds. The maximum absolute atomic E-state index is 13.8. The monoisotopic (exact) mass is 495 g/mol. The molecular weight excluding hydrogens is 474 g/mol. The van der Waals surface area contributed by atoms with Crippen LogP contribution in [0.4, 0.5) is 0 Å². The number of hydrogen-bond acceptors (Lipinski definition) is 3. The molecule has 0 atom stereocenters. The first-order valence-corrected chi connectivity index (χ1v) is 12.2. The summed E-state index contributed by atoms with van der Waals surface area (Å²) < 4.78 is 30.0. The Kier molecular flexibility index (Phi) is 5.86. The predicted molar refractivity (Wildman–Crippen MR) is 128 cm³/mol. The van der Waals surface area contributed by atoms with Gasteiger partial charge in [-0.15, -0.1) is 0 Å². The lowest BCUT2D eigenvalue weighted by molar-refractivity contribution is -0.117. The molecule has 1 aromatic heterocycles. The number of ketones is 1. The topological polar surface area (TPSA) is 56.1 Å². The fourth-order valence-electron chi connectivity index (χ4n) is 3.81. The molecular formula is C25H22BrNO3S. The van der Waals surface area contributed by atoms with Gasteiger partial charge in [0.15, 0.2) is 0 Å². The zero-order valence-electron chi connectivity index (χ0n) is 17.3. The Hall–Kier alpha value is -2.70. The molecule has 0 bridgehead atoms. The Morgan fingerprint density at radius 3 is 2.23 bits per heavy atom. The highest BCUT2D eigenvalue weighted by molar-refractivity contribution is 9.10. The van der Waals surface area contributed by atoms with Crippen LogP contribution < -0.4 is 0 Å². The van der Waals surface area contributed by atoms with Crippen molar-refractivity contribution in [2.75, 3.05) is 0 Å². The standard InChI is InChI=1S/C25H22BrNO3S/c1-17-7-14-21(15-8-17)31(29,30)27-23-6-4-3-5-22(23)25(24(27)16-9-18(2)28)19-10-12-20(26)13-11-19/h3-8,10-15H,9,16H2,1-2H3. The van der Waals surface area contributed by atoms with Crippen LogP contribution in [0.25, 0.3) is 22.0 Å². The quantitative estimate of drug-likeness (QED) is 0.322. The summed E-state index contributed by atoms with van der Waals surface area (Å²) >= 11 is 3.46. The third-order valence-electron chi connectivity index (χ3n) is 5.33. The molecule has 31 heavy (non-hydrogen) atoms. The smallest absolute Gasteiger partial charge is 0.268 e. The number of Topliss-reactive ketones (excluding diaryl/α,β-unsaturated/α-hetero) is 1. The molecule has 0 aliphatic heterocycles. The zero-order valence-corrected chi connectivity index (χ0v) is 19.7. The third-order valence-corrected chi connectivity index (χ3v) is 7.63. The van der Waals surface area contributed by atoms with E-state index >= 15 is 0 Å². The van der Waals surface area contributed by atoms with Crippen molar-refractivity contribution in [2.24, 2.45) is 0 Å². The van der Waals surface area contributed by atoms with E-state index in [1.165, 1.54) is 10.9 Å². The number of halogens is 1. The molecule has 4 nitrogen and oxygen atoms in total. The SMILES string of the molecule is CC(=O)CCc1c(-c2ccc(Br)cc2)c2ccccc2n1S(=O)(=O)c1ccc(C)cc1. The van der Waals surface area contributed by atoms with E-state index in [9.17, 15) is 13.2 Å². The first-order valence-electron chi connectivity index (χ1n) is 9.99.